The smallest absolute Gasteiger partial charge is 0.329 e. The Bertz CT molecular complexity index is 665. The second-order valence-corrected chi connectivity index (χ2v) is 7.09. The van der Waals surface area contributed by atoms with Gasteiger partial charge in [0.2, 0.25) is 5.91 Å². The van der Waals surface area contributed by atoms with Gasteiger partial charge in [0.15, 0.2) is 0 Å². The fourth-order valence-corrected chi connectivity index (χ4v) is 4.40. The molecule has 1 aromatic rings. The minimum Gasteiger partial charge on any atom is -0.493 e. The molecular weight excluding hydrogens is 294 g/mol. The van der Waals surface area contributed by atoms with E-state index in [1.54, 1.807) is 0 Å². The summed E-state index contributed by atoms with van der Waals surface area (Å²) in [5, 5.41) is 12.4. The molecule has 2 N–H and O–H groups in total. The summed E-state index contributed by atoms with van der Waals surface area (Å²) in [4.78, 5) is 24.4. The minimum absolute atomic E-state index is 0.106. The largest absolute Gasteiger partial charge is 0.493 e. The number of carbonyl (C=O) groups excluding carboxylic acids is 1. The van der Waals surface area contributed by atoms with Crippen LogP contribution in [-0.4, -0.2) is 29.1 Å². The molecule has 0 saturated heterocycles. The zero-order chi connectivity index (χ0) is 16.1. The van der Waals surface area contributed by atoms with Crippen LogP contribution in [0.3, 0.4) is 0 Å². The monoisotopic (exact) mass is 315 g/mol. The molecule has 0 bridgehead atoms. The van der Waals surface area contributed by atoms with E-state index in [0.717, 1.165) is 37.0 Å². The van der Waals surface area contributed by atoms with Crippen LogP contribution in [0.5, 0.6) is 5.75 Å². The lowest BCUT2D eigenvalue weighted by Crippen LogP contribution is -2.53. The number of hydrogen-bond acceptors (Lipinski definition) is 3. The average molecular weight is 315 g/mol. The fraction of sp³-hybridized carbons (Fsp3) is 0.556. The Kier molecular flexibility index (Phi) is 3.15. The zero-order valence-corrected chi connectivity index (χ0v) is 13.0. The highest BCUT2D eigenvalue weighted by Crippen LogP contribution is 2.60. The molecule has 122 valence electrons. The normalized spacial score (nSPS) is 30.3. The van der Waals surface area contributed by atoms with Crippen molar-refractivity contribution in [3.8, 4) is 5.75 Å². The van der Waals surface area contributed by atoms with E-state index < -0.39 is 11.5 Å². The molecule has 23 heavy (non-hydrogen) atoms. The fourth-order valence-electron chi connectivity index (χ4n) is 4.40. The molecule has 2 fully saturated rings. The quantitative estimate of drug-likeness (QED) is 0.897. The highest BCUT2D eigenvalue weighted by Gasteiger charge is 2.62. The molecule has 3 aliphatic rings. The van der Waals surface area contributed by atoms with Gasteiger partial charge in [0, 0.05) is 16.9 Å². The first-order valence-electron chi connectivity index (χ1n) is 8.35. The molecule has 1 heterocycles. The topological polar surface area (TPSA) is 75.6 Å². The molecule has 1 amide bonds. The van der Waals surface area contributed by atoms with E-state index >= 15 is 0 Å². The predicted molar refractivity (Wildman–Crippen MR) is 83.3 cm³/mol. The van der Waals surface area contributed by atoms with Crippen molar-refractivity contribution in [3.05, 3.63) is 29.8 Å². The van der Waals surface area contributed by atoms with E-state index in [0.29, 0.717) is 19.4 Å². The van der Waals surface area contributed by atoms with Gasteiger partial charge in [-0.05, 0) is 31.7 Å². The molecule has 4 rings (SSSR count). The van der Waals surface area contributed by atoms with Crippen LogP contribution in [0, 0.1) is 5.92 Å². The Morgan fingerprint density at radius 1 is 1.17 bits per heavy atom. The molecule has 5 heteroatoms. The van der Waals surface area contributed by atoms with Crippen LogP contribution < -0.4 is 10.1 Å². The Hall–Kier alpha value is -2.04. The Morgan fingerprint density at radius 2 is 1.91 bits per heavy atom. The van der Waals surface area contributed by atoms with Crippen molar-refractivity contribution in [3.63, 3.8) is 0 Å². The van der Waals surface area contributed by atoms with Gasteiger partial charge in [0.05, 0.1) is 6.61 Å². The number of benzene rings is 1. The van der Waals surface area contributed by atoms with Gasteiger partial charge >= 0.3 is 5.97 Å². The minimum atomic E-state index is -1.05. The summed E-state index contributed by atoms with van der Waals surface area (Å²) in [6.45, 7) is 0.616. The molecule has 0 aromatic heterocycles. The molecule has 2 saturated carbocycles. The van der Waals surface area contributed by atoms with Gasteiger partial charge in [-0.2, -0.15) is 0 Å². The van der Waals surface area contributed by atoms with Crippen LogP contribution in [0.25, 0.3) is 0 Å². The Morgan fingerprint density at radius 3 is 2.65 bits per heavy atom. The van der Waals surface area contributed by atoms with Crippen LogP contribution in [0.1, 0.15) is 44.1 Å². The van der Waals surface area contributed by atoms with Gasteiger partial charge < -0.3 is 15.2 Å². The molecule has 0 unspecified atom stereocenters. The van der Waals surface area contributed by atoms with E-state index in [9.17, 15) is 14.7 Å². The van der Waals surface area contributed by atoms with E-state index in [2.05, 4.69) is 5.32 Å². The van der Waals surface area contributed by atoms with E-state index in [4.69, 9.17) is 4.74 Å². The summed E-state index contributed by atoms with van der Waals surface area (Å²) in [6, 6.07) is 7.88. The Balaban J connectivity index is 1.55. The summed E-state index contributed by atoms with van der Waals surface area (Å²) in [5.74, 6) is -0.274. The van der Waals surface area contributed by atoms with Crippen LogP contribution in [0.15, 0.2) is 24.3 Å². The van der Waals surface area contributed by atoms with Gasteiger partial charge in [-0.1, -0.05) is 31.0 Å². The van der Waals surface area contributed by atoms with Crippen LogP contribution in [0.2, 0.25) is 0 Å². The number of amides is 1. The van der Waals surface area contributed by atoms with E-state index in [1.807, 2.05) is 24.3 Å². The third kappa shape index (κ3) is 2.13. The summed E-state index contributed by atoms with van der Waals surface area (Å²) in [7, 11) is 0. The van der Waals surface area contributed by atoms with Gasteiger partial charge in [0.1, 0.15) is 11.3 Å². The van der Waals surface area contributed by atoms with Crippen molar-refractivity contribution in [1.29, 1.82) is 0 Å². The summed E-state index contributed by atoms with van der Waals surface area (Å²) < 4.78 is 5.69. The SMILES string of the molecule is O=C(NC1(C(=O)O)CCCC1)[C@@H]1C[C@]12CCOc1ccccc12. The lowest BCUT2D eigenvalue weighted by atomic mass is 9.87. The van der Waals surface area contributed by atoms with Crippen molar-refractivity contribution < 1.29 is 19.4 Å². The second kappa shape index (κ2) is 4.98. The number of carbonyl (C=O) groups is 2. The van der Waals surface area contributed by atoms with Crippen molar-refractivity contribution in [2.24, 2.45) is 5.92 Å². The summed E-state index contributed by atoms with van der Waals surface area (Å²) >= 11 is 0. The van der Waals surface area contributed by atoms with Crippen molar-refractivity contribution in [2.75, 3.05) is 6.61 Å². The molecule has 0 radical (unpaired) electrons. The molecule has 1 aliphatic heterocycles. The van der Waals surface area contributed by atoms with Crippen LogP contribution >= 0.6 is 0 Å². The first-order chi connectivity index (χ1) is 11.1. The number of fused-ring (bicyclic) bond motifs is 2. The molecule has 2 aliphatic carbocycles. The van der Waals surface area contributed by atoms with Crippen molar-refractivity contribution >= 4 is 11.9 Å². The maximum absolute atomic E-state index is 12.7. The summed E-state index contributed by atoms with van der Waals surface area (Å²) in [6.07, 6.45) is 4.40. The van der Waals surface area contributed by atoms with Gasteiger partial charge in [0.25, 0.3) is 0 Å². The molecule has 1 spiro atoms. The average Bonchev–Trinajstić information content (AvgIpc) is 3.05. The lowest BCUT2D eigenvalue weighted by molar-refractivity contribution is -0.147. The maximum Gasteiger partial charge on any atom is 0.329 e. The number of hydrogen-bond donors (Lipinski definition) is 2. The molecule has 5 nitrogen and oxygen atoms in total. The van der Waals surface area contributed by atoms with Gasteiger partial charge in [-0.3, -0.25) is 4.79 Å². The number of carboxylic acid groups (broad SMARTS) is 1. The number of aliphatic carboxylic acids is 1. The lowest BCUT2D eigenvalue weighted by Gasteiger charge is -2.29. The van der Waals surface area contributed by atoms with Crippen LogP contribution in [0.4, 0.5) is 0 Å². The molecule has 1 aromatic carbocycles. The molecule has 2 atom stereocenters. The number of carboxylic acids is 1. The number of ether oxygens (including phenoxy) is 1. The standard InChI is InChI=1S/C18H21NO4/c20-15(19-18(16(21)22)7-3-4-8-18)13-11-17(13)9-10-23-14-6-2-1-5-12(14)17/h1-2,5-6,13H,3-4,7-11H2,(H,19,20)(H,21,22)/t13-,17-/m0/s1. The Labute approximate surface area is 135 Å². The first kappa shape index (κ1) is 14.5. The van der Waals surface area contributed by atoms with E-state index in [-0.39, 0.29) is 17.2 Å². The highest BCUT2D eigenvalue weighted by atomic mass is 16.5. The number of nitrogens with one attached hydrogen (secondary N) is 1. The maximum atomic E-state index is 12.7. The van der Waals surface area contributed by atoms with Gasteiger partial charge in [-0.25, -0.2) is 4.79 Å². The predicted octanol–water partition coefficient (Wildman–Crippen LogP) is 2.24. The second-order valence-electron chi connectivity index (χ2n) is 7.09. The highest BCUT2D eigenvalue weighted by molar-refractivity contribution is 5.91. The van der Waals surface area contributed by atoms with Crippen molar-refractivity contribution in [1.82, 2.24) is 5.32 Å². The zero-order valence-electron chi connectivity index (χ0n) is 13.0. The van der Waals surface area contributed by atoms with Gasteiger partial charge in [-0.15, -0.1) is 0 Å². The van der Waals surface area contributed by atoms with Crippen LogP contribution in [-0.2, 0) is 15.0 Å². The number of para-hydroxylation sites is 1. The molecular formula is C18H21NO4. The summed E-state index contributed by atoms with van der Waals surface area (Å²) in [5.41, 5.74) is -0.106. The third-order valence-electron chi connectivity index (χ3n) is 5.85. The first-order valence-corrected chi connectivity index (χ1v) is 8.35. The van der Waals surface area contributed by atoms with Crippen molar-refractivity contribution in [2.45, 2.75) is 49.5 Å². The third-order valence-corrected chi connectivity index (χ3v) is 5.85. The number of rotatable bonds is 3. The van der Waals surface area contributed by atoms with E-state index in [1.165, 1.54) is 0 Å².